The van der Waals surface area contributed by atoms with Crippen molar-refractivity contribution < 1.29 is 0 Å². The van der Waals surface area contributed by atoms with E-state index in [0.717, 1.165) is 10.2 Å². The van der Waals surface area contributed by atoms with Crippen molar-refractivity contribution in [3.63, 3.8) is 0 Å². The van der Waals surface area contributed by atoms with E-state index in [1.54, 1.807) is 0 Å². The highest BCUT2D eigenvalue weighted by atomic mass is 79.9. The lowest BCUT2D eigenvalue weighted by Gasteiger charge is -2.20. The van der Waals surface area contributed by atoms with Crippen LogP contribution < -0.4 is 5.32 Å². The van der Waals surface area contributed by atoms with Gasteiger partial charge in [0.2, 0.25) is 0 Å². The van der Waals surface area contributed by atoms with Crippen LogP contribution in [0.1, 0.15) is 37.2 Å². The molecule has 5 heteroatoms. The van der Waals surface area contributed by atoms with E-state index in [-0.39, 0.29) is 6.04 Å². The molecule has 0 radical (unpaired) electrons. The standard InChI is InChI=1S/C16H22BrN3S/c1-11(2)20-16(14(17)9-19-20)15(18-4)10-21-13-7-5-6-12(3)8-13/h5-9,11,15,18H,10H2,1-4H3. The largest absolute Gasteiger partial charge is 0.311 e. The molecule has 1 aromatic heterocycles. The maximum Gasteiger partial charge on any atom is 0.0707 e. The average molecular weight is 368 g/mol. The Morgan fingerprint density at radius 3 is 2.76 bits per heavy atom. The van der Waals surface area contributed by atoms with Crippen LogP contribution in [0.3, 0.4) is 0 Å². The fourth-order valence-electron chi connectivity index (χ4n) is 2.27. The van der Waals surface area contributed by atoms with Gasteiger partial charge in [0.25, 0.3) is 0 Å². The van der Waals surface area contributed by atoms with E-state index in [2.05, 4.69) is 76.1 Å². The molecule has 114 valence electrons. The number of hydrogen-bond donors (Lipinski definition) is 1. The fourth-order valence-corrected chi connectivity index (χ4v) is 3.95. The molecule has 0 aliphatic rings. The molecule has 0 aliphatic carbocycles. The molecule has 1 atom stereocenters. The second-order valence-electron chi connectivity index (χ2n) is 5.38. The number of aromatic nitrogens is 2. The summed E-state index contributed by atoms with van der Waals surface area (Å²) in [6.45, 7) is 6.44. The van der Waals surface area contributed by atoms with Crippen molar-refractivity contribution in [2.45, 2.75) is 37.8 Å². The Morgan fingerprint density at radius 1 is 1.38 bits per heavy atom. The lowest BCUT2D eigenvalue weighted by atomic mass is 10.2. The minimum Gasteiger partial charge on any atom is -0.311 e. The zero-order valence-corrected chi connectivity index (χ0v) is 15.3. The van der Waals surface area contributed by atoms with Gasteiger partial charge >= 0.3 is 0 Å². The highest BCUT2D eigenvalue weighted by Crippen LogP contribution is 2.30. The zero-order valence-electron chi connectivity index (χ0n) is 12.9. The Labute approximate surface area is 139 Å². The molecule has 1 N–H and O–H groups in total. The minimum atomic E-state index is 0.259. The normalized spacial score (nSPS) is 12.9. The van der Waals surface area contributed by atoms with Crippen LogP contribution in [0, 0.1) is 6.92 Å². The maximum absolute atomic E-state index is 4.47. The molecule has 0 aliphatic heterocycles. The molecule has 0 amide bonds. The van der Waals surface area contributed by atoms with Crippen LogP contribution in [-0.4, -0.2) is 22.6 Å². The molecule has 0 fully saturated rings. The number of hydrogen-bond acceptors (Lipinski definition) is 3. The maximum atomic E-state index is 4.47. The fraction of sp³-hybridized carbons (Fsp3) is 0.438. The molecule has 2 rings (SSSR count). The Kier molecular flexibility index (Phi) is 5.90. The van der Waals surface area contributed by atoms with Crippen LogP contribution in [-0.2, 0) is 0 Å². The van der Waals surface area contributed by atoms with Gasteiger partial charge in [0.05, 0.1) is 22.4 Å². The smallest absolute Gasteiger partial charge is 0.0707 e. The molecule has 0 saturated carbocycles. The van der Waals surface area contributed by atoms with Crippen molar-refractivity contribution in [3.8, 4) is 0 Å². The van der Waals surface area contributed by atoms with E-state index in [9.17, 15) is 0 Å². The molecule has 0 bridgehead atoms. The van der Waals surface area contributed by atoms with Crippen LogP contribution in [0.4, 0.5) is 0 Å². The first-order chi connectivity index (χ1) is 10.0. The number of halogens is 1. The topological polar surface area (TPSA) is 29.9 Å². The van der Waals surface area contributed by atoms with Crippen molar-refractivity contribution in [2.75, 3.05) is 12.8 Å². The number of nitrogens with zero attached hydrogens (tertiary/aromatic N) is 2. The van der Waals surface area contributed by atoms with Crippen molar-refractivity contribution in [3.05, 3.63) is 46.2 Å². The Balaban J connectivity index is 2.15. The summed E-state index contributed by atoms with van der Waals surface area (Å²) in [6, 6.07) is 9.25. The molecule has 0 saturated heterocycles. The predicted molar refractivity (Wildman–Crippen MR) is 94.0 cm³/mol. The van der Waals surface area contributed by atoms with E-state index >= 15 is 0 Å². The van der Waals surface area contributed by atoms with E-state index in [0.29, 0.717) is 6.04 Å². The van der Waals surface area contributed by atoms with Gasteiger partial charge in [-0.1, -0.05) is 17.7 Å². The molecule has 3 nitrogen and oxygen atoms in total. The summed E-state index contributed by atoms with van der Waals surface area (Å²) >= 11 is 5.50. The first-order valence-electron chi connectivity index (χ1n) is 7.12. The van der Waals surface area contributed by atoms with Gasteiger partial charge in [-0.05, 0) is 55.9 Å². The second kappa shape index (κ2) is 7.47. The van der Waals surface area contributed by atoms with E-state index in [1.165, 1.54) is 16.2 Å². The summed E-state index contributed by atoms with van der Waals surface area (Å²) in [5.41, 5.74) is 2.52. The quantitative estimate of drug-likeness (QED) is 0.757. The van der Waals surface area contributed by atoms with Gasteiger partial charge in [0.15, 0.2) is 0 Å². The number of aryl methyl sites for hydroxylation is 1. The van der Waals surface area contributed by atoms with Crippen LogP contribution in [0.2, 0.25) is 0 Å². The molecule has 0 spiro atoms. The summed E-state index contributed by atoms with van der Waals surface area (Å²) in [5.74, 6) is 0.969. The molecule has 1 aromatic carbocycles. The van der Waals surface area contributed by atoms with Crippen LogP contribution in [0.5, 0.6) is 0 Å². The molecule has 2 aromatic rings. The van der Waals surface area contributed by atoms with E-state index in [1.807, 2.05) is 25.0 Å². The molecule has 1 unspecified atom stereocenters. The second-order valence-corrected chi connectivity index (χ2v) is 7.33. The number of benzene rings is 1. The van der Waals surface area contributed by atoms with Crippen LogP contribution >= 0.6 is 27.7 Å². The van der Waals surface area contributed by atoms with E-state index < -0.39 is 0 Å². The van der Waals surface area contributed by atoms with Gasteiger partial charge in [-0.25, -0.2) is 0 Å². The summed E-state index contributed by atoms with van der Waals surface area (Å²) in [7, 11) is 2.01. The first-order valence-corrected chi connectivity index (χ1v) is 8.90. The Morgan fingerprint density at radius 2 is 2.14 bits per heavy atom. The van der Waals surface area contributed by atoms with Gasteiger partial charge in [0, 0.05) is 16.7 Å². The summed E-state index contributed by atoms with van der Waals surface area (Å²) in [5, 5.41) is 7.89. The summed E-state index contributed by atoms with van der Waals surface area (Å²) in [6.07, 6.45) is 1.89. The number of thioether (sulfide) groups is 1. The van der Waals surface area contributed by atoms with Crippen molar-refractivity contribution in [1.29, 1.82) is 0 Å². The monoisotopic (exact) mass is 367 g/mol. The Hall–Kier alpha value is -0.780. The molecule has 21 heavy (non-hydrogen) atoms. The van der Waals surface area contributed by atoms with Gasteiger partial charge in [-0.2, -0.15) is 5.10 Å². The third-order valence-electron chi connectivity index (χ3n) is 3.36. The van der Waals surface area contributed by atoms with Gasteiger partial charge in [-0.3, -0.25) is 4.68 Å². The Bertz CT molecular complexity index is 595. The lowest BCUT2D eigenvalue weighted by Crippen LogP contribution is -2.23. The molecule has 1 heterocycles. The SMILES string of the molecule is CNC(CSc1cccc(C)c1)c1c(Br)cnn1C(C)C. The third-order valence-corrected chi connectivity index (χ3v) is 5.06. The van der Waals surface area contributed by atoms with Gasteiger partial charge in [-0.15, -0.1) is 11.8 Å². The van der Waals surface area contributed by atoms with Crippen molar-refractivity contribution in [1.82, 2.24) is 15.1 Å². The third kappa shape index (κ3) is 4.11. The van der Waals surface area contributed by atoms with Gasteiger partial charge in [0.1, 0.15) is 0 Å². The average Bonchev–Trinajstić information content (AvgIpc) is 2.82. The number of rotatable bonds is 6. The summed E-state index contributed by atoms with van der Waals surface area (Å²) in [4.78, 5) is 1.31. The van der Waals surface area contributed by atoms with Crippen molar-refractivity contribution in [2.24, 2.45) is 0 Å². The number of nitrogens with one attached hydrogen (secondary N) is 1. The summed E-state index contributed by atoms with van der Waals surface area (Å²) < 4.78 is 3.16. The first kappa shape index (κ1) is 16.6. The highest BCUT2D eigenvalue weighted by Gasteiger charge is 2.20. The predicted octanol–water partition coefficient (Wildman–Crippen LogP) is 4.59. The molecular weight excluding hydrogens is 346 g/mol. The van der Waals surface area contributed by atoms with E-state index in [4.69, 9.17) is 0 Å². The minimum absolute atomic E-state index is 0.259. The van der Waals surface area contributed by atoms with Crippen LogP contribution in [0.25, 0.3) is 0 Å². The molecular formula is C16H22BrN3S. The van der Waals surface area contributed by atoms with Gasteiger partial charge < -0.3 is 5.32 Å². The van der Waals surface area contributed by atoms with Crippen molar-refractivity contribution >= 4 is 27.7 Å². The highest BCUT2D eigenvalue weighted by molar-refractivity contribution is 9.10. The van der Waals surface area contributed by atoms with Crippen LogP contribution in [0.15, 0.2) is 39.8 Å². The zero-order chi connectivity index (χ0) is 15.4. The lowest BCUT2D eigenvalue weighted by molar-refractivity contribution is 0.476.